The van der Waals surface area contributed by atoms with E-state index in [1.807, 2.05) is 0 Å². The number of anilines is 1. The van der Waals surface area contributed by atoms with E-state index in [2.05, 4.69) is 11.4 Å². The third-order valence-electron chi connectivity index (χ3n) is 4.48. The third-order valence-corrected chi connectivity index (χ3v) is 5.69. The number of amides is 1. The van der Waals surface area contributed by atoms with Gasteiger partial charge in [-0.25, -0.2) is 4.39 Å². The zero-order valence-electron chi connectivity index (χ0n) is 13.8. The molecule has 4 nitrogen and oxygen atoms in total. The first-order chi connectivity index (χ1) is 12.7. The molecular formula is C20H15FN2O2S. The molecule has 0 aliphatic heterocycles. The van der Waals surface area contributed by atoms with Gasteiger partial charge in [0.15, 0.2) is 5.76 Å². The predicted octanol–water partition coefficient (Wildman–Crippen LogP) is 5.15. The minimum absolute atomic E-state index is 0.0820. The van der Waals surface area contributed by atoms with Crippen LogP contribution in [0.25, 0.3) is 11.3 Å². The number of carbonyl (C=O) groups excluding carboxylic acids is 1. The molecular weight excluding hydrogens is 351 g/mol. The molecule has 0 atom stereocenters. The van der Waals surface area contributed by atoms with Gasteiger partial charge in [0.05, 0.1) is 11.1 Å². The Hall–Kier alpha value is -2.91. The quantitative estimate of drug-likeness (QED) is 0.697. The number of benzene rings is 1. The monoisotopic (exact) mass is 366 g/mol. The molecule has 1 aliphatic rings. The number of rotatable bonds is 3. The first kappa shape index (κ1) is 16.6. The van der Waals surface area contributed by atoms with Gasteiger partial charge in [-0.15, -0.1) is 11.3 Å². The Kier molecular flexibility index (Phi) is 4.31. The zero-order chi connectivity index (χ0) is 18.1. The normalized spacial score (nSPS) is 13.1. The lowest BCUT2D eigenvalue weighted by molar-refractivity contribution is 0.0997. The summed E-state index contributed by atoms with van der Waals surface area (Å²) in [5.41, 5.74) is 1.92. The summed E-state index contributed by atoms with van der Waals surface area (Å²) in [5.74, 6) is -0.480. The lowest BCUT2D eigenvalue weighted by atomic mass is 9.96. The summed E-state index contributed by atoms with van der Waals surface area (Å²) in [4.78, 5) is 13.7. The fourth-order valence-electron chi connectivity index (χ4n) is 3.20. The molecule has 0 unspecified atom stereocenters. The molecule has 1 aromatic carbocycles. The largest absolute Gasteiger partial charge is 0.451 e. The molecule has 1 amide bonds. The molecule has 1 N–H and O–H groups in total. The predicted molar refractivity (Wildman–Crippen MR) is 97.7 cm³/mol. The summed E-state index contributed by atoms with van der Waals surface area (Å²) in [6, 6.07) is 11.5. The second-order valence-electron chi connectivity index (χ2n) is 6.12. The smallest absolute Gasteiger partial charge is 0.292 e. The maximum atomic E-state index is 13.9. The Morgan fingerprint density at radius 3 is 2.81 bits per heavy atom. The van der Waals surface area contributed by atoms with Crippen molar-refractivity contribution in [2.24, 2.45) is 0 Å². The molecule has 130 valence electrons. The standard InChI is InChI=1S/C20H15FN2O2S/c21-15-7-3-1-6-13(15)16-9-10-17(25-16)19(24)23-20-14(11-22)12-5-2-4-8-18(12)26-20/h1,3,6-7,9-10H,2,4-5,8H2,(H,23,24). The molecule has 2 aromatic heterocycles. The maximum absolute atomic E-state index is 13.9. The summed E-state index contributed by atoms with van der Waals surface area (Å²) < 4.78 is 19.4. The van der Waals surface area contributed by atoms with Gasteiger partial charge in [0.1, 0.15) is 22.6 Å². The van der Waals surface area contributed by atoms with Gasteiger partial charge in [-0.05, 0) is 55.5 Å². The number of thiophene rings is 1. The average molecular weight is 366 g/mol. The van der Waals surface area contributed by atoms with Crippen molar-refractivity contribution in [2.45, 2.75) is 25.7 Å². The van der Waals surface area contributed by atoms with Crippen LogP contribution in [-0.2, 0) is 12.8 Å². The molecule has 6 heteroatoms. The van der Waals surface area contributed by atoms with Gasteiger partial charge in [0.2, 0.25) is 0 Å². The molecule has 0 bridgehead atoms. The van der Waals surface area contributed by atoms with Crippen molar-refractivity contribution in [2.75, 3.05) is 5.32 Å². The van der Waals surface area contributed by atoms with Gasteiger partial charge < -0.3 is 9.73 Å². The Morgan fingerprint density at radius 1 is 1.19 bits per heavy atom. The fraction of sp³-hybridized carbons (Fsp3) is 0.200. The highest BCUT2D eigenvalue weighted by Crippen LogP contribution is 2.38. The number of furan rings is 1. The molecule has 0 spiro atoms. The van der Waals surface area contributed by atoms with Crippen LogP contribution in [0.2, 0.25) is 0 Å². The summed E-state index contributed by atoms with van der Waals surface area (Å²) in [7, 11) is 0. The van der Waals surface area contributed by atoms with Crippen LogP contribution in [0, 0.1) is 17.1 Å². The van der Waals surface area contributed by atoms with Crippen molar-refractivity contribution in [3.8, 4) is 17.4 Å². The highest BCUT2D eigenvalue weighted by molar-refractivity contribution is 7.16. The Labute approximate surface area is 153 Å². The van der Waals surface area contributed by atoms with E-state index in [1.165, 1.54) is 28.3 Å². The van der Waals surface area contributed by atoms with Crippen LogP contribution >= 0.6 is 11.3 Å². The van der Waals surface area contributed by atoms with Gasteiger partial charge in [0.25, 0.3) is 5.91 Å². The SMILES string of the molecule is N#Cc1c(NC(=O)c2ccc(-c3ccccc3F)o2)sc2c1CCCC2. The molecule has 4 rings (SSSR count). The number of halogens is 1. The van der Waals surface area contributed by atoms with Crippen molar-refractivity contribution >= 4 is 22.2 Å². The summed E-state index contributed by atoms with van der Waals surface area (Å²) in [6.45, 7) is 0. The van der Waals surface area contributed by atoms with Crippen LogP contribution in [0.3, 0.4) is 0 Å². The molecule has 0 saturated carbocycles. The Morgan fingerprint density at radius 2 is 2.00 bits per heavy atom. The number of hydrogen-bond acceptors (Lipinski definition) is 4. The van der Waals surface area contributed by atoms with E-state index < -0.39 is 11.7 Å². The second-order valence-corrected chi connectivity index (χ2v) is 7.23. The summed E-state index contributed by atoms with van der Waals surface area (Å²) >= 11 is 1.46. The van der Waals surface area contributed by atoms with Crippen LogP contribution < -0.4 is 5.32 Å². The minimum Gasteiger partial charge on any atom is -0.451 e. The molecule has 3 aromatic rings. The number of hydrogen-bond donors (Lipinski definition) is 1. The highest BCUT2D eigenvalue weighted by atomic mass is 32.1. The van der Waals surface area contributed by atoms with Crippen LogP contribution in [0.5, 0.6) is 0 Å². The number of nitrogens with one attached hydrogen (secondary N) is 1. The van der Waals surface area contributed by atoms with E-state index in [4.69, 9.17) is 4.42 Å². The number of nitriles is 1. The lowest BCUT2D eigenvalue weighted by Crippen LogP contribution is -2.10. The first-order valence-corrected chi connectivity index (χ1v) is 9.19. The average Bonchev–Trinajstić information content (AvgIpc) is 3.26. The van der Waals surface area contributed by atoms with E-state index in [1.54, 1.807) is 24.3 Å². The molecule has 26 heavy (non-hydrogen) atoms. The topological polar surface area (TPSA) is 66.0 Å². The van der Waals surface area contributed by atoms with E-state index in [-0.39, 0.29) is 5.76 Å². The van der Waals surface area contributed by atoms with Crippen molar-refractivity contribution in [3.05, 3.63) is 64.0 Å². The number of aryl methyl sites for hydroxylation is 1. The highest BCUT2D eigenvalue weighted by Gasteiger charge is 2.23. The lowest BCUT2D eigenvalue weighted by Gasteiger charge is -2.09. The summed E-state index contributed by atoms with van der Waals surface area (Å²) in [6.07, 6.45) is 4.00. The van der Waals surface area contributed by atoms with E-state index in [0.717, 1.165) is 31.2 Å². The van der Waals surface area contributed by atoms with Gasteiger partial charge >= 0.3 is 0 Å². The zero-order valence-corrected chi connectivity index (χ0v) is 14.7. The van der Waals surface area contributed by atoms with Crippen LogP contribution in [0.1, 0.15) is 39.4 Å². The van der Waals surface area contributed by atoms with Crippen molar-refractivity contribution in [1.82, 2.24) is 0 Å². The maximum Gasteiger partial charge on any atom is 0.292 e. The Bertz CT molecular complexity index is 1030. The fourth-order valence-corrected chi connectivity index (χ4v) is 4.44. The minimum atomic E-state index is -0.442. The molecule has 1 aliphatic carbocycles. The second kappa shape index (κ2) is 6.77. The van der Waals surface area contributed by atoms with Crippen molar-refractivity contribution in [1.29, 1.82) is 5.26 Å². The van der Waals surface area contributed by atoms with E-state index >= 15 is 0 Å². The molecule has 2 heterocycles. The van der Waals surface area contributed by atoms with Crippen molar-refractivity contribution in [3.63, 3.8) is 0 Å². The first-order valence-electron chi connectivity index (χ1n) is 8.38. The number of carbonyl (C=O) groups is 1. The van der Waals surface area contributed by atoms with Gasteiger partial charge in [-0.1, -0.05) is 12.1 Å². The summed E-state index contributed by atoms with van der Waals surface area (Å²) in [5, 5.41) is 12.8. The van der Waals surface area contributed by atoms with Crippen LogP contribution in [0.15, 0.2) is 40.8 Å². The Balaban J connectivity index is 1.59. The van der Waals surface area contributed by atoms with E-state index in [9.17, 15) is 14.4 Å². The molecule has 0 radical (unpaired) electrons. The van der Waals surface area contributed by atoms with Crippen LogP contribution in [0.4, 0.5) is 9.39 Å². The van der Waals surface area contributed by atoms with E-state index in [0.29, 0.717) is 21.9 Å². The molecule has 0 fully saturated rings. The third kappa shape index (κ3) is 2.91. The molecule has 0 saturated heterocycles. The van der Waals surface area contributed by atoms with Crippen molar-refractivity contribution < 1.29 is 13.6 Å². The van der Waals surface area contributed by atoms with Crippen LogP contribution in [-0.4, -0.2) is 5.91 Å². The van der Waals surface area contributed by atoms with Gasteiger partial charge in [0, 0.05) is 4.88 Å². The number of fused-ring (bicyclic) bond motifs is 1. The number of nitrogens with zero attached hydrogens (tertiary/aromatic N) is 1. The van der Waals surface area contributed by atoms with Gasteiger partial charge in [-0.3, -0.25) is 4.79 Å². The van der Waals surface area contributed by atoms with Gasteiger partial charge in [-0.2, -0.15) is 5.26 Å².